The van der Waals surface area contributed by atoms with E-state index in [-0.39, 0.29) is 44.0 Å². The fraction of sp³-hybridized carbons (Fsp3) is 0.667. The zero-order chi connectivity index (χ0) is 45.8. The van der Waals surface area contributed by atoms with Crippen LogP contribution in [0.25, 0.3) is 0 Å². The molecular formula is C57H94O6. The highest BCUT2D eigenvalue weighted by Crippen LogP contribution is 2.12. The van der Waals surface area contributed by atoms with Crippen LogP contribution in [0.5, 0.6) is 0 Å². The van der Waals surface area contributed by atoms with Gasteiger partial charge in [0.15, 0.2) is 6.10 Å². The van der Waals surface area contributed by atoms with Crippen LogP contribution in [0.15, 0.2) is 97.2 Å². The van der Waals surface area contributed by atoms with Crippen molar-refractivity contribution < 1.29 is 28.6 Å². The first-order chi connectivity index (χ1) is 31.0. The first-order valence-corrected chi connectivity index (χ1v) is 25.8. The summed E-state index contributed by atoms with van der Waals surface area (Å²) in [6.07, 6.45) is 66.9. The van der Waals surface area contributed by atoms with E-state index in [2.05, 4.69) is 118 Å². The Labute approximate surface area is 387 Å². The Balaban J connectivity index is 4.51. The summed E-state index contributed by atoms with van der Waals surface area (Å²) in [5, 5.41) is 0. The van der Waals surface area contributed by atoms with Crippen LogP contribution in [0.1, 0.15) is 226 Å². The van der Waals surface area contributed by atoms with Crippen molar-refractivity contribution >= 4 is 17.9 Å². The van der Waals surface area contributed by atoms with E-state index in [0.717, 1.165) is 103 Å². The third kappa shape index (κ3) is 49.2. The summed E-state index contributed by atoms with van der Waals surface area (Å²) in [5.74, 6) is -1.02. The molecule has 0 amide bonds. The second-order valence-electron chi connectivity index (χ2n) is 16.8. The van der Waals surface area contributed by atoms with Crippen LogP contribution in [0.3, 0.4) is 0 Å². The van der Waals surface area contributed by atoms with E-state index in [0.29, 0.717) is 12.8 Å². The molecule has 0 rings (SSSR count). The molecule has 6 nitrogen and oxygen atoms in total. The van der Waals surface area contributed by atoms with Crippen LogP contribution in [0, 0.1) is 0 Å². The van der Waals surface area contributed by atoms with Gasteiger partial charge in [0.2, 0.25) is 0 Å². The fourth-order valence-corrected chi connectivity index (χ4v) is 6.75. The second-order valence-corrected chi connectivity index (χ2v) is 16.8. The van der Waals surface area contributed by atoms with Crippen molar-refractivity contribution in [3.63, 3.8) is 0 Å². The molecule has 0 aliphatic rings. The minimum absolute atomic E-state index is 0.116. The molecule has 0 saturated carbocycles. The molecule has 0 radical (unpaired) electrons. The van der Waals surface area contributed by atoms with E-state index in [1.165, 1.54) is 77.0 Å². The lowest BCUT2D eigenvalue weighted by Crippen LogP contribution is -2.30. The molecule has 0 fully saturated rings. The average molecular weight is 875 g/mol. The first-order valence-electron chi connectivity index (χ1n) is 25.8. The molecule has 1 unspecified atom stereocenters. The minimum atomic E-state index is -0.820. The Morgan fingerprint density at radius 2 is 0.698 bits per heavy atom. The van der Waals surface area contributed by atoms with Gasteiger partial charge < -0.3 is 14.2 Å². The lowest BCUT2D eigenvalue weighted by Gasteiger charge is -2.18. The Kier molecular flexibility index (Phi) is 48.0. The average Bonchev–Trinajstić information content (AvgIpc) is 3.28. The Hall–Kier alpha value is -3.67. The molecule has 0 aromatic rings. The highest BCUT2D eigenvalue weighted by atomic mass is 16.6. The number of allylic oxidation sites excluding steroid dienone is 16. The van der Waals surface area contributed by atoms with Crippen LogP contribution in [0.2, 0.25) is 0 Å². The molecule has 0 aromatic carbocycles. The van der Waals surface area contributed by atoms with E-state index in [1.54, 1.807) is 0 Å². The topological polar surface area (TPSA) is 78.9 Å². The quantitative estimate of drug-likeness (QED) is 0.0199. The monoisotopic (exact) mass is 875 g/mol. The number of hydrogen-bond donors (Lipinski definition) is 0. The van der Waals surface area contributed by atoms with Gasteiger partial charge in [-0.2, -0.15) is 0 Å². The van der Waals surface area contributed by atoms with Crippen LogP contribution in [-0.4, -0.2) is 37.2 Å². The van der Waals surface area contributed by atoms with Crippen molar-refractivity contribution in [3.8, 4) is 0 Å². The highest BCUT2D eigenvalue weighted by Gasteiger charge is 2.19. The van der Waals surface area contributed by atoms with Gasteiger partial charge in [-0.05, 0) is 96.3 Å². The summed E-state index contributed by atoms with van der Waals surface area (Å²) in [7, 11) is 0. The Morgan fingerprint density at radius 3 is 1.17 bits per heavy atom. The minimum Gasteiger partial charge on any atom is -0.462 e. The lowest BCUT2D eigenvalue weighted by atomic mass is 10.1. The summed E-state index contributed by atoms with van der Waals surface area (Å²) >= 11 is 0. The van der Waals surface area contributed by atoms with Gasteiger partial charge in [-0.15, -0.1) is 0 Å². The predicted molar refractivity (Wildman–Crippen MR) is 270 cm³/mol. The van der Waals surface area contributed by atoms with Crippen molar-refractivity contribution in [1.29, 1.82) is 0 Å². The number of unbranched alkanes of at least 4 members (excludes halogenated alkanes) is 21. The van der Waals surface area contributed by atoms with E-state index < -0.39 is 6.10 Å². The van der Waals surface area contributed by atoms with Gasteiger partial charge in [0, 0.05) is 19.3 Å². The molecule has 1 atom stereocenters. The first kappa shape index (κ1) is 59.3. The number of ether oxygens (including phenoxy) is 3. The van der Waals surface area contributed by atoms with Gasteiger partial charge in [-0.3, -0.25) is 14.4 Å². The van der Waals surface area contributed by atoms with Crippen molar-refractivity contribution in [1.82, 2.24) is 0 Å². The molecule has 358 valence electrons. The Bertz CT molecular complexity index is 1280. The fourth-order valence-electron chi connectivity index (χ4n) is 6.75. The predicted octanol–water partition coefficient (Wildman–Crippen LogP) is 17.0. The van der Waals surface area contributed by atoms with Crippen molar-refractivity contribution in [2.24, 2.45) is 0 Å². The number of carbonyl (C=O) groups excluding carboxylic acids is 3. The number of esters is 3. The number of carbonyl (C=O) groups is 3. The molecule has 0 aromatic heterocycles. The molecule has 0 spiro atoms. The standard InChI is InChI=1S/C57H94O6/c1-4-7-10-13-16-19-22-24-26-28-29-31-32-35-38-41-44-47-50-56(59)62-53-54(52-61-55(58)49-46-43-40-37-34-21-18-15-12-9-6-3)63-57(60)51-48-45-42-39-36-33-30-27-25-23-20-17-14-11-8-5-2/h9,12,18,21-22,24,26-31,33,36-37,40,54H,4-8,10-11,13-17,19-20,23,25,32,34-35,38-39,41-53H2,1-3H3/b12-9-,21-18-,24-22-,28-26-,30-27-,31-29-,36-33-,40-37-. The summed E-state index contributed by atoms with van der Waals surface area (Å²) < 4.78 is 16.7. The van der Waals surface area contributed by atoms with Crippen LogP contribution < -0.4 is 0 Å². The molecule has 0 bridgehead atoms. The molecule has 0 aliphatic carbocycles. The molecule has 0 heterocycles. The maximum absolute atomic E-state index is 12.8. The van der Waals surface area contributed by atoms with Crippen molar-refractivity contribution in [2.45, 2.75) is 232 Å². The maximum atomic E-state index is 12.8. The summed E-state index contributed by atoms with van der Waals surface area (Å²) in [5.41, 5.74) is 0. The zero-order valence-electron chi connectivity index (χ0n) is 40.8. The molecular weight excluding hydrogens is 781 g/mol. The Morgan fingerprint density at radius 1 is 0.349 bits per heavy atom. The van der Waals surface area contributed by atoms with E-state index in [1.807, 2.05) is 0 Å². The summed E-state index contributed by atoms with van der Waals surface area (Å²) in [6.45, 7) is 6.40. The third-order valence-electron chi connectivity index (χ3n) is 10.6. The van der Waals surface area contributed by atoms with E-state index >= 15 is 0 Å². The third-order valence-corrected chi connectivity index (χ3v) is 10.6. The largest absolute Gasteiger partial charge is 0.462 e. The molecule has 63 heavy (non-hydrogen) atoms. The van der Waals surface area contributed by atoms with Crippen molar-refractivity contribution in [3.05, 3.63) is 97.2 Å². The van der Waals surface area contributed by atoms with Gasteiger partial charge in [-0.1, -0.05) is 208 Å². The SMILES string of the molecule is CC/C=C\C/C=C\C/C=C\CCCC(=O)OCC(COC(=O)CCCCCCC\C=C/C=C\C=C/CCCCCCC)OC(=O)CCCCC/C=C\C=C/CCCCCCCCC. The number of rotatable bonds is 45. The maximum Gasteiger partial charge on any atom is 0.306 e. The van der Waals surface area contributed by atoms with Crippen LogP contribution >= 0.6 is 0 Å². The zero-order valence-corrected chi connectivity index (χ0v) is 40.8. The normalized spacial score (nSPS) is 12.9. The molecule has 6 heteroatoms. The van der Waals surface area contributed by atoms with Gasteiger partial charge >= 0.3 is 17.9 Å². The van der Waals surface area contributed by atoms with Crippen LogP contribution in [0.4, 0.5) is 0 Å². The second kappa shape index (κ2) is 51.0. The summed E-state index contributed by atoms with van der Waals surface area (Å²) in [4.78, 5) is 37.9. The van der Waals surface area contributed by atoms with Crippen LogP contribution in [-0.2, 0) is 28.6 Å². The molecule has 0 aliphatic heterocycles. The van der Waals surface area contributed by atoms with E-state index in [9.17, 15) is 14.4 Å². The smallest absolute Gasteiger partial charge is 0.306 e. The van der Waals surface area contributed by atoms with Gasteiger partial charge in [0.05, 0.1) is 0 Å². The highest BCUT2D eigenvalue weighted by molar-refractivity contribution is 5.71. The van der Waals surface area contributed by atoms with Crippen molar-refractivity contribution in [2.75, 3.05) is 13.2 Å². The molecule has 0 N–H and O–H groups in total. The van der Waals surface area contributed by atoms with Gasteiger partial charge in [-0.25, -0.2) is 0 Å². The van der Waals surface area contributed by atoms with Gasteiger partial charge in [0.1, 0.15) is 13.2 Å². The molecule has 0 saturated heterocycles. The summed E-state index contributed by atoms with van der Waals surface area (Å²) in [6, 6.07) is 0. The van der Waals surface area contributed by atoms with E-state index in [4.69, 9.17) is 14.2 Å². The number of hydrogen-bond acceptors (Lipinski definition) is 6. The lowest BCUT2D eigenvalue weighted by molar-refractivity contribution is -0.167. The van der Waals surface area contributed by atoms with Gasteiger partial charge in [0.25, 0.3) is 0 Å².